The monoisotopic (exact) mass is 464 g/mol. The number of hydrogen-bond donors (Lipinski definition) is 2. The predicted molar refractivity (Wildman–Crippen MR) is 131 cm³/mol. The van der Waals surface area contributed by atoms with Gasteiger partial charge in [-0.1, -0.05) is 54.3 Å². The van der Waals surface area contributed by atoms with Crippen molar-refractivity contribution in [1.29, 1.82) is 0 Å². The maximum absolute atomic E-state index is 13.1. The molecule has 2 aromatic carbocycles. The fourth-order valence-electron chi connectivity index (χ4n) is 2.92. The van der Waals surface area contributed by atoms with Crippen LogP contribution in [0.4, 0.5) is 10.5 Å². The smallest absolute Gasteiger partial charge is 0.408 e. The quantitative estimate of drug-likeness (QED) is 0.329. The second kappa shape index (κ2) is 11.9. The summed E-state index contributed by atoms with van der Waals surface area (Å²) >= 11 is 0. The number of carbonyl (C=O) groups is 3. The molecule has 2 amide bonds. The SMILES string of the molecule is CC(=C=C(C(=O)OC(C)C)C(NC(=O)OC(C)(C)C)c1ccccc1)C(=O)Nc1ccccc1. The highest BCUT2D eigenvalue weighted by molar-refractivity contribution is 6.04. The van der Waals surface area contributed by atoms with Gasteiger partial charge in [0.25, 0.3) is 5.91 Å². The molecule has 0 radical (unpaired) electrons. The van der Waals surface area contributed by atoms with Crippen molar-refractivity contribution in [2.45, 2.75) is 59.3 Å². The number of ether oxygens (including phenoxy) is 2. The third-order valence-corrected chi connectivity index (χ3v) is 4.34. The molecule has 0 fully saturated rings. The molecule has 0 heterocycles. The average molecular weight is 465 g/mol. The van der Waals surface area contributed by atoms with Crippen LogP contribution in [0.5, 0.6) is 0 Å². The minimum atomic E-state index is -0.957. The lowest BCUT2D eigenvalue weighted by atomic mass is 9.98. The molecule has 0 saturated heterocycles. The third-order valence-electron chi connectivity index (χ3n) is 4.34. The second-order valence-electron chi connectivity index (χ2n) is 8.93. The fourth-order valence-corrected chi connectivity index (χ4v) is 2.92. The van der Waals surface area contributed by atoms with E-state index in [9.17, 15) is 14.4 Å². The topological polar surface area (TPSA) is 93.7 Å². The van der Waals surface area contributed by atoms with Crippen molar-refractivity contribution in [3.8, 4) is 0 Å². The maximum atomic E-state index is 13.1. The number of esters is 1. The molecule has 1 unspecified atom stereocenters. The van der Waals surface area contributed by atoms with Crippen LogP contribution in [-0.4, -0.2) is 29.7 Å². The van der Waals surface area contributed by atoms with Gasteiger partial charge in [-0.15, -0.1) is 0 Å². The summed E-state index contributed by atoms with van der Waals surface area (Å²) in [5.74, 6) is -1.14. The molecular formula is C27H32N2O5. The van der Waals surface area contributed by atoms with Gasteiger partial charge >= 0.3 is 12.1 Å². The van der Waals surface area contributed by atoms with E-state index >= 15 is 0 Å². The van der Waals surface area contributed by atoms with Crippen LogP contribution in [0.3, 0.4) is 0 Å². The third kappa shape index (κ3) is 8.60. The van der Waals surface area contributed by atoms with E-state index in [4.69, 9.17) is 9.47 Å². The molecule has 2 rings (SSSR count). The number of anilines is 1. The summed E-state index contributed by atoms with van der Waals surface area (Å²) in [4.78, 5) is 38.5. The van der Waals surface area contributed by atoms with Crippen molar-refractivity contribution < 1.29 is 23.9 Å². The molecule has 7 nitrogen and oxygen atoms in total. The molecule has 2 N–H and O–H groups in total. The van der Waals surface area contributed by atoms with E-state index in [1.165, 1.54) is 6.92 Å². The predicted octanol–water partition coefficient (Wildman–Crippen LogP) is 5.31. The molecule has 34 heavy (non-hydrogen) atoms. The van der Waals surface area contributed by atoms with Crippen molar-refractivity contribution in [3.63, 3.8) is 0 Å². The Morgan fingerprint density at radius 1 is 0.912 bits per heavy atom. The van der Waals surface area contributed by atoms with Crippen LogP contribution in [0.1, 0.15) is 53.1 Å². The number of nitrogens with one attached hydrogen (secondary N) is 2. The highest BCUT2D eigenvalue weighted by Crippen LogP contribution is 2.24. The zero-order valence-electron chi connectivity index (χ0n) is 20.5. The largest absolute Gasteiger partial charge is 0.459 e. The van der Waals surface area contributed by atoms with Crippen LogP contribution in [-0.2, 0) is 19.1 Å². The normalized spacial score (nSPS) is 11.6. The minimum Gasteiger partial charge on any atom is -0.459 e. The van der Waals surface area contributed by atoms with Crippen molar-refractivity contribution in [2.75, 3.05) is 5.32 Å². The molecule has 0 aliphatic rings. The Labute approximate surface area is 200 Å². The Morgan fingerprint density at radius 2 is 1.47 bits per heavy atom. The standard InChI is InChI=1S/C27H32N2O5/c1-18(2)33-25(31)22(17-19(3)24(30)28-21-15-11-8-12-16-21)23(20-13-9-7-10-14-20)29-26(32)34-27(4,5)6/h7-16,18,23H,1-6H3,(H,28,30)(H,29,32). The molecule has 0 spiro atoms. The van der Waals surface area contributed by atoms with Crippen molar-refractivity contribution in [2.24, 2.45) is 0 Å². The van der Waals surface area contributed by atoms with E-state index in [1.807, 2.05) is 12.1 Å². The summed E-state index contributed by atoms with van der Waals surface area (Å²) in [5.41, 5.74) is 3.48. The first-order valence-corrected chi connectivity index (χ1v) is 11.1. The zero-order chi connectivity index (χ0) is 25.3. The molecule has 180 valence electrons. The van der Waals surface area contributed by atoms with Crippen molar-refractivity contribution in [1.82, 2.24) is 5.32 Å². The Morgan fingerprint density at radius 3 is 2.00 bits per heavy atom. The van der Waals surface area contributed by atoms with E-state index in [0.29, 0.717) is 11.3 Å². The van der Waals surface area contributed by atoms with Gasteiger partial charge in [-0.05, 0) is 59.2 Å². The Kier molecular flexibility index (Phi) is 9.22. The van der Waals surface area contributed by atoms with Gasteiger partial charge in [-0.3, -0.25) is 4.79 Å². The van der Waals surface area contributed by atoms with Crippen LogP contribution < -0.4 is 10.6 Å². The minimum absolute atomic E-state index is 0.0218. The Hall–Kier alpha value is -3.83. The molecule has 0 bridgehead atoms. The number of benzene rings is 2. The number of carbonyl (C=O) groups excluding carboxylic acids is 3. The summed E-state index contributed by atoms with van der Waals surface area (Å²) in [7, 11) is 0. The van der Waals surface area contributed by atoms with Gasteiger partial charge in [-0.25, -0.2) is 9.59 Å². The van der Waals surface area contributed by atoms with Gasteiger partial charge in [0.05, 0.1) is 17.7 Å². The summed E-state index contributed by atoms with van der Waals surface area (Å²) in [6.07, 6.45) is -1.13. The lowest BCUT2D eigenvalue weighted by Gasteiger charge is -2.24. The van der Waals surface area contributed by atoms with Crippen molar-refractivity contribution >= 4 is 23.7 Å². The summed E-state index contributed by atoms with van der Waals surface area (Å²) < 4.78 is 10.8. The lowest BCUT2D eigenvalue weighted by molar-refractivity contribution is -0.143. The highest BCUT2D eigenvalue weighted by atomic mass is 16.6. The maximum Gasteiger partial charge on any atom is 0.408 e. The molecule has 0 aliphatic heterocycles. The van der Waals surface area contributed by atoms with E-state index in [-0.39, 0.29) is 11.1 Å². The zero-order valence-corrected chi connectivity index (χ0v) is 20.5. The van der Waals surface area contributed by atoms with Gasteiger partial charge in [0, 0.05) is 5.69 Å². The summed E-state index contributed by atoms with van der Waals surface area (Å²) in [6.45, 7) is 10.2. The second-order valence-corrected chi connectivity index (χ2v) is 8.93. The highest BCUT2D eigenvalue weighted by Gasteiger charge is 2.29. The summed E-state index contributed by atoms with van der Waals surface area (Å²) in [5, 5.41) is 5.49. The number of hydrogen-bond acceptors (Lipinski definition) is 5. The average Bonchev–Trinajstić information content (AvgIpc) is 2.75. The number of amides is 2. The number of para-hydroxylation sites is 1. The first-order valence-electron chi connectivity index (χ1n) is 11.1. The van der Waals surface area contributed by atoms with Gasteiger partial charge in [0.15, 0.2) is 0 Å². The van der Waals surface area contributed by atoms with Crippen LogP contribution in [0, 0.1) is 0 Å². The molecule has 0 saturated carbocycles. The first-order chi connectivity index (χ1) is 16.0. The van der Waals surface area contributed by atoms with Gasteiger partial charge in [0.2, 0.25) is 0 Å². The molecular weight excluding hydrogens is 432 g/mol. The summed E-state index contributed by atoms with van der Waals surface area (Å²) in [6, 6.07) is 16.9. The Balaban J connectivity index is 2.55. The van der Waals surface area contributed by atoms with E-state index in [2.05, 4.69) is 16.4 Å². The molecule has 0 aromatic heterocycles. The van der Waals surface area contributed by atoms with Crippen LogP contribution >= 0.6 is 0 Å². The fraction of sp³-hybridized carbons (Fsp3) is 0.333. The van der Waals surface area contributed by atoms with Crippen LogP contribution in [0.15, 0.2) is 77.5 Å². The van der Waals surface area contributed by atoms with Crippen molar-refractivity contribution in [3.05, 3.63) is 83.1 Å². The number of alkyl carbamates (subject to hydrolysis) is 1. The van der Waals surface area contributed by atoms with E-state index in [0.717, 1.165) is 0 Å². The molecule has 2 aromatic rings. The van der Waals surface area contributed by atoms with Gasteiger partial charge in [-0.2, -0.15) is 0 Å². The van der Waals surface area contributed by atoms with Gasteiger partial charge < -0.3 is 20.1 Å². The van der Waals surface area contributed by atoms with E-state index in [1.54, 1.807) is 83.1 Å². The lowest BCUT2D eigenvalue weighted by Crippen LogP contribution is -2.37. The van der Waals surface area contributed by atoms with Crippen LogP contribution in [0.2, 0.25) is 0 Å². The van der Waals surface area contributed by atoms with E-state index < -0.39 is 35.7 Å². The molecule has 1 atom stereocenters. The molecule has 7 heteroatoms. The first kappa shape index (κ1) is 26.4. The molecule has 0 aliphatic carbocycles. The Bertz CT molecular complexity index is 1060. The number of rotatable bonds is 7. The van der Waals surface area contributed by atoms with Crippen LogP contribution in [0.25, 0.3) is 0 Å². The van der Waals surface area contributed by atoms with Gasteiger partial charge in [0.1, 0.15) is 11.2 Å².